The van der Waals surface area contributed by atoms with Gasteiger partial charge in [0.15, 0.2) is 0 Å². The molecule has 0 saturated carbocycles. The number of fused-ring (bicyclic) bond motifs is 1. The molecular weight excluding hydrogens is 276 g/mol. The summed E-state index contributed by atoms with van der Waals surface area (Å²) < 4.78 is 5.28. The van der Waals surface area contributed by atoms with Crippen LogP contribution in [0.2, 0.25) is 5.02 Å². The van der Waals surface area contributed by atoms with Crippen LogP contribution in [0.15, 0.2) is 18.2 Å². The van der Waals surface area contributed by atoms with Crippen LogP contribution in [0.3, 0.4) is 0 Å². The summed E-state index contributed by atoms with van der Waals surface area (Å²) in [5.74, 6) is 1.17. The van der Waals surface area contributed by atoms with Crippen molar-refractivity contribution in [3.8, 4) is 5.75 Å². The molecule has 0 spiro atoms. The Morgan fingerprint density at radius 3 is 3.05 bits per heavy atom. The van der Waals surface area contributed by atoms with Crippen LogP contribution in [0.25, 0.3) is 0 Å². The van der Waals surface area contributed by atoms with Gasteiger partial charge >= 0.3 is 0 Å². The highest BCUT2D eigenvalue weighted by Crippen LogP contribution is 2.29. The largest absolute Gasteiger partial charge is 0.496 e. The van der Waals surface area contributed by atoms with E-state index in [2.05, 4.69) is 5.32 Å². The van der Waals surface area contributed by atoms with E-state index in [0.717, 1.165) is 19.6 Å². The minimum absolute atomic E-state index is 0.0368. The molecule has 2 fully saturated rings. The Bertz CT molecular complexity index is 507. The second kappa shape index (κ2) is 5.62. The van der Waals surface area contributed by atoms with E-state index in [1.165, 1.54) is 12.8 Å². The molecule has 2 aliphatic heterocycles. The number of piperidine rings is 1. The van der Waals surface area contributed by atoms with Crippen LogP contribution < -0.4 is 10.1 Å². The molecule has 1 amide bonds. The molecule has 4 nitrogen and oxygen atoms in total. The van der Waals surface area contributed by atoms with Crippen molar-refractivity contribution >= 4 is 17.5 Å². The van der Waals surface area contributed by atoms with E-state index in [1.54, 1.807) is 25.3 Å². The van der Waals surface area contributed by atoms with Gasteiger partial charge in [0, 0.05) is 24.2 Å². The van der Waals surface area contributed by atoms with E-state index in [1.807, 2.05) is 4.90 Å². The first-order valence-corrected chi connectivity index (χ1v) is 7.43. The van der Waals surface area contributed by atoms with Crippen molar-refractivity contribution in [2.45, 2.75) is 18.9 Å². The summed E-state index contributed by atoms with van der Waals surface area (Å²) >= 11 is 5.94. The van der Waals surface area contributed by atoms with Crippen molar-refractivity contribution in [3.63, 3.8) is 0 Å². The van der Waals surface area contributed by atoms with Crippen LogP contribution in [0.1, 0.15) is 23.2 Å². The molecule has 108 valence electrons. The molecule has 0 aliphatic carbocycles. The molecule has 1 aromatic rings. The second-order valence-electron chi connectivity index (χ2n) is 5.52. The molecule has 20 heavy (non-hydrogen) atoms. The normalized spacial score (nSPS) is 25.4. The Morgan fingerprint density at radius 1 is 1.45 bits per heavy atom. The van der Waals surface area contributed by atoms with Crippen molar-refractivity contribution in [2.75, 3.05) is 26.7 Å². The highest BCUT2D eigenvalue weighted by atomic mass is 35.5. The highest BCUT2D eigenvalue weighted by molar-refractivity contribution is 6.30. The van der Waals surface area contributed by atoms with Gasteiger partial charge in [0.05, 0.1) is 12.7 Å². The summed E-state index contributed by atoms with van der Waals surface area (Å²) in [5, 5.41) is 4.09. The number of hydrogen-bond donors (Lipinski definition) is 1. The van der Waals surface area contributed by atoms with Crippen molar-refractivity contribution in [1.29, 1.82) is 0 Å². The van der Waals surface area contributed by atoms with Crippen LogP contribution in [-0.4, -0.2) is 43.6 Å². The van der Waals surface area contributed by atoms with E-state index in [9.17, 15) is 4.79 Å². The van der Waals surface area contributed by atoms with Crippen molar-refractivity contribution < 1.29 is 9.53 Å². The first-order valence-electron chi connectivity index (χ1n) is 7.05. The smallest absolute Gasteiger partial charge is 0.257 e. The fourth-order valence-electron chi connectivity index (χ4n) is 3.22. The van der Waals surface area contributed by atoms with Gasteiger partial charge in [-0.3, -0.25) is 4.79 Å². The maximum absolute atomic E-state index is 12.7. The molecule has 0 aromatic heterocycles. The molecule has 0 radical (unpaired) electrons. The Hall–Kier alpha value is -1.26. The number of nitrogens with one attached hydrogen (secondary N) is 1. The zero-order chi connectivity index (χ0) is 14.1. The predicted molar refractivity (Wildman–Crippen MR) is 78.4 cm³/mol. The van der Waals surface area contributed by atoms with Gasteiger partial charge in [-0.15, -0.1) is 0 Å². The third-order valence-corrected chi connectivity index (χ3v) is 4.52. The molecule has 3 rings (SSSR count). The van der Waals surface area contributed by atoms with Gasteiger partial charge in [0.1, 0.15) is 5.75 Å². The van der Waals surface area contributed by atoms with E-state index in [4.69, 9.17) is 16.3 Å². The topological polar surface area (TPSA) is 41.6 Å². The number of halogens is 1. The van der Waals surface area contributed by atoms with Crippen molar-refractivity contribution in [2.24, 2.45) is 5.92 Å². The minimum Gasteiger partial charge on any atom is -0.496 e. The molecule has 2 aliphatic rings. The highest BCUT2D eigenvalue weighted by Gasteiger charge is 2.37. The van der Waals surface area contributed by atoms with E-state index < -0.39 is 0 Å². The van der Waals surface area contributed by atoms with Crippen molar-refractivity contribution in [1.82, 2.24) is 10.2 Å². The average Bonchev–Trinajstić information content (AvgIpc) is 2.90. The summed E-state index contributed by atoms with van der Waals surface area (Å²) in [6.45, 7) is 2.69. The Labute approximate surface area is 124 Å². The van der Waals surface area contributed by atoms with Gasteiger partial charge in [0.25, 0.3) is 5.91 Å². The lowest BCUT2D eigenvalue weighted by atomic mass is 9.94. The number of rotatable bonds is 2. The summed E-state index contributed by atoms with van der Waals surface area (Å²) in [4.78, 5) is 14.6. The Morgan fingerprint density at radius 2 is 2.30 bits per heavy atom. The lowest BCUT2D eigenvalue weighted by molar-refractivity contribution is 0.0782. The number of ether oxygens (including phenoxy) is 1. The molecule has 2 heterocycles. The maximum Gasteiger partial charge on any atom is 0.257 e. The van der Waals surface area contributed by atoms with Gasteiger partial charge in [-0.05, 0) is 43.5 Å². The number of carbonyl (C=O) groups excluding carboxylic acids is 1. The lowest BCUT2D eigenvalue weighted by Crippen LogP contribution is -2.41. The van der Waals surface area contributed by atoms with Crippen LogP contribution in [0.4, 0.5) is 0 Å². The SMILES string of the molecule is COc1cc(Cl)ccc1C(=O)N1C[C@@H]2CCCN[C@@H]2C1. The third kappa shape index (κ3) is 2.50. The molecule has 1 aromatic carbocycles. The maximum atomic E-state index is 12.7. The van der Waals surface area contributed by atoms with Gasteiger partial charge in [-0.1, -0.05) is 11.6 Å². The second-order valence-corrected chi connectivity index (χ2v) is 5.95. The fraction of sp³-hybridized carbons (Fsp3) is 0.533. The number of methoxy groups -OCH3 is 1. The number of amides is 1. The molecule has 5 heteroatoms. The summed E-state index contributed by atoms with van der Waals surface area (Å²) in [6, 6.07) is 5.62. The number of benzene rings is 1. The molecular formula is C15H19ClN2O2. The molecule has 1 N–H and O–H groups in total. The molecule has 0 bridgehead atoms. The number of hydrogen-bond acceptors (Lipinski definition) is 3. The first kappa shape index (κ1) is 13.7. The van der Waals surface area contributed by atoms with Crippen molar-refractivity contribution in [3.05, 3.63) is 28.8 Å². The molecule has 2 saturated heterocycles. The van der Waals surface area contributed by atoms with Crippen LogP contribution in [0, 0.1) is 5.92 Å². The molecule has 0 unspecified atom stereocenters. The first-order chi connectivity index (χ1) is 9.69. The van der Waals surface area contributed by atoms with Gasteiger partial charge in [0.2, 0.25) is 0 Å². The third-order valence-electron chi connectivity index (χ3n) is 4.28. The Kier molecular flexibility index (Phi) is 3.85. The van der Waals surface area contributed by atoms with Gasteiger partial charge < -0.3 is 15.0 Å². The predicted octanol–water partition coefficient (Wildman–Crippen LogP) is 2.17. The summed E-state index contributed by atoms with van der Waals surface area (Å²) in [7, 11) is 1.56. The van der Waals surface area contributed by atoms with Gasteiger partial charge in [-0.2, -0.15) is 0 Å². The zero-order valence-electron chi connectivity index (χ0n) is 11.6. The average molecular weight is 295 g/mol. The summed E-state index contributed by atoms with van der Waals surface area (Å²) in [6.07, 6.45) is 2.41. The number of nitrogens with zero attached hydrogens (tertiary/aromatic N) is 1. The number of likely N-dealkylation sites (tertiary alicyclic amines) is 1. The Balaban J connectivity index is 1.79. The fourth-order valence-corrected chi connectivity index (χ4v) is 3.39. The molecule has 2 atom stereocenters. The van der Waals surface area contributed by atoms with Gasteiger partial charge in [-0.25, -0.2) is 0 Å². The monoisotopic (exact) mass is 294 g/mol. The number of carbonyl (C=O) groups is 1. The van der Waals surface area contributed by atoms with Crippen LogP contribution >= 0.6 is 11.6 Å². The van der Waals surface area contributed by atoms with Crippen LogP contribution in [0.5, 0.6) is 5.75 Å². The van der Waals surface area contributed by atoms with E-state index >= 15 is 0 Å². The lowest BCUT2D eigenvalue weighted by Gasteiger charge is -2.24. The van der Waals surface area contributed by atoms with E-state index in [0.29, 0.717) is 28.3 Å². The quantitative estimate of drug-likeness (QED) is 0.909. The summed E-state index contributed by atoms with van der Waals surface area (Å²) in [5.41, 5.74) is 0.593. The van der Waals surface area contributed by atoms with E-state index in [-0.39, 0.29) is 5.91 Å². The van der Waals surface area contributed by atoms with Crippen LogP contribution in [-0.2, 0) is 0 Å². The standard InChI is InChI=1S/C15H19ClN2O2/c1-20-14-7-11(16)4-5-12(14)15(19)18-8-10-3-2-6-17-13(10)9-18/h4-5,7,10,13,17H,2-3,6,8-9H2,1H3/t10-,13+/m0/s1. The zero-order valence-corrected chi connectivity index (χ0v) is 12.3. The minimum atomic E-state index is 0.0368.